The topological polar surface area (TPSA) is 47.5 Å². The number of H-pyrrole nitrogens is 1. The number of rotatable bonds is 5. The Morgan fingerprint density at radius 1 is 1.12 bits per heavy atom. The minimum Gasteiger partial charge on any atom is -0.355 e. The monoisotopic (exact) mass is 349 g/mol. The van der Waals surface area contributed by atoms with Crippen LogP contribution in [0.5, 0.6) is 0 Å². The zero-order valence-corrected chi connectivity index (χ0v) is 15.3. The van der Waals surface area contributed by atoms with Crippen LogP contribution in [-0.4, -0.2) is 40.6 Å². The molecular formula is C21H27N5. The number of aromatic amines is 1. The SMILES string of the molecule is C1=NCN(c2cccc3[nH]ncc23)C(N(CC2CC2)C2CCCCC2)=C1. The fourth-order valence-electron chi connectivity index (χ4n) is 4.45. The van der Waals surface area contributed by atoms with E-state index in [4.69, 9.17) is 0 Å². The van der Waals surface area contributed by atoms with Crippen LogP contribution in [-0.2, 0) is 0 Å². The summed E-state index contributed by atoms with van der Waals surface area (Å²) in [5, 5.41) is 8.52. The smallest absolute Gasteiger partial charge is 0.116 e. The van der Waals surface area contributed by atoms with Crippen LogP contribution in [0.15, 0.2) is 41.3 Å². The predicted octanol–water partition coefficient (Wildman–Crippen LogP) is 4.30. The highest BCUT2D eigenvalue weighted by Crippen LogP contribution is 2.37. The van der Waals surface area contributed by atoms with E-state index in [9.17, 15) is 0 Å². The molecule has 2 heterocycles. The van der Waals surface area contributed by atoms with Gasteiger partial charge in [0.25, 0.3) is 0 Å². The minimum atomic E-state index is 0.674. The van der Waals surface area contributed by atoms with Crippen molar-refractivity contribution in [2.24, 2.45) is 10.9 Å². The molecule has 0 unspecified atom stereocenters. The molecule has 5 rings (SSSR count). The van der Waals surface area contributed by atoms with Crippen LogP contribution in [0.4, 0.5) is 5.69 Å². The van der Waals surface area contributed by atoms with Crippen molar-refractivity contribution in [3.05, 3.63) is 36.3 Å². The molecule has 2 aliphatic carbocycles. The van der Waals surface area contributed by atoms with E-state index >= 15 is 0 Å². The van der Waals surface area contributed by atoms with Crippen molar-refractivity contribution in [1.82, 2.24) is 15.1 Å². The van der Waals surface area contributed by atoms with Gasteiger partial charge in [0, 0.05) is 24.2 Å². The van der Waals surface area contributed by atoms with Crippen LogP contribution in [0, 0.1) is 5.92 Å². The number of aromatic nitrogens is 2. The first-order chi connectivity index (χ1) is 12.9. The zero-order valence-electron chi connectivity index (χ0n) is 15.3. The summed E-state index contributed by atoms with van der Waals surface area (Å²) in [4.78, 5) is 9.66. The molecule has 1 N–H and O–H groups in total. The molecule has 26 heavy (non-hydrogen) atoms. The second-order valence-electron chi connectivity index (χ2n) is 7.92. The van der Waals surface area contributed by atoms with E-state index in [1.807, 2.05) is 12.4 Å². The van der Waals surface area contributed by atoms with Gasteiger partial charge in [-0.3, -0.25) is 10.1 Å². The van der Waals surface area contributed by atoms with E-state index < -0.39 is 0 Å². The highest BCUT2D eigenvalue weighted by atomic mass is 15.4. The van der Waals surface area contributed by atoms with Crippen molar-refractivity contribution in [3.63, 3.8) is 0 Å². The van der Waals surface area contributed by atoms with Gasteiger partial charge in [0.15, 0.2) is 0 Å². The van der Waals surface area contributed by atoms with Crippen LogP contribution in [0.1, 0.15) is 44.9 Å². The number of hydrogen-bond donors (Lipinski definition) is 1. The van der Waals surface area contributed by atoms with Crippen molar-refractivity contribution < 1.29 is 0 Å². The number of aliphatic imine (C=N–C) groups is 1. The molecule has 2 aromatic rings. The van der Waals surface area contributed by atoms with E-state index in [-0.39, 0.29) is 0 Å². The Balaban J connectivity index is 1.51. The van der Waals surface area contributed by atoms with Gasteiger partial charge < -0.3 is 9.80 Å². The molecule has 1 aromatic heterocycles. The van der Waals surface area contributed by atoms with Gasteiger partial charge in [0.2, 0.25) is 0 Å². The summed E-state index contributed by atoms with van der Waals surface area (Å²) in [6.45, 7) is 1.88. The number of nitrogens with one attached hydrogen (secondary N) is 1. The summed E-state index contributed by atoms with van der Waals surface area (Å²) >= 11 is 0. The van der Waals surface area contributed by atoms with Gasteiger partial charge in [0.1, 0.15) is 12.5 Å². The molecule has 136 valence electrons. The first kappa shape index (κ1) is 15.9. The van der Waals surface area contributed by atoms with Gasteiger partial charge in [-0.15, -0.1) is 0 Å². The summed E-state index contributed by atoms with van der Waals surface area (Å²) in [5.74, 6) is 2.20. The first-order valence-electron chi connectivity index (χ1n) is 10.1. The van der Waals surface area contributed by atoms with E-state index in [2.05, 4.69) is 49.3 Å². The van der Waals surface area contributed by atoms with Crippen LogP contribution in [0.2, 0.25) is 0 Å². The van der Waals surface area contributed by atoms with Gasteiger partial charge in [-0.1, -0.05) is 25.3 Å². The summed E-state index contributed by atoms with van der Waals surface area (Å²) in [7, 11) is 0. The maximum Gasteiger partial charge on any atom is 0.116 e. The molecule has 0 amide bonds. The molecule has 5 heteroatoms. The second kappa shape index (κ2) is 6.78. The third kappa shape index (κ3) is 3.00. The van der Waals surface area contributed by atoms with Crippen molar-refractivity contribution in [2.75, 3.05) is 18.1 Å². The molecular weight excluding hydrogens is 322 g/mol. The van der Waals surface area contributed by atoms with Crippen molar-refractivity contribution in [2.45, 2.75) is 51.0 Å². The van der Waals surface area contributed by atoms with Gasteiger partial charge in [-0.2, -0.15) is 5.10 Å². The number of anilines is 1. The largest absolute Gasteiger partial charge is 0.355 e. The average molecular weight is 349 g/mol. The number of hydrogen-bond acceptors (Lipinski definition) is 4. The Hall–Kier alpha value is -2.30. The van der Waals surface area contributed by atoms with E-state index in [1.54, 1.807) is 0 Å². The van der Waals surface area contributed by atoms with Gasteiger partial charge >= 0.3 is 0 Å². The Kier molecular flexibility index (Phi) is 4.15. The summed E-state index contributed by atoms with van der Waals surface area (Å²) in [6.07, 6.45) is 15.7. The Morgan fingerprint density at radius 2 is 2.00 bits per heavy atom. The maximum absolute atomic E-state index is 4.57. The molecule has 3 aliphatic rings. The normalized spacial score (nSPS) is 21.2. The Bertz CT molecular complexity index is 826. The number of nitrogens with zero attached hydrogens (tertiary/aromatic N) is 4. The standard InChI is InChI=1S/C21H27N5/c1-2-5-17(6-3-1)25(14-16-9-10-16)21-11-12-22-15-26(21)20-8-4-7-19-18(20)13-23-24-19/h4,7-8,11-13,16-17H,1-3,5-6,9-10,14-15H2,(H,23,24). The lowest BCUT2D eigenvalue weighted by Gasteiger charge is -2.42. The molecule has 2 saturated carbocycles. The molecule has 1 aliphatic heterocycles. The van der Waals surface area contributed by atoms with Crippen LogP contribution in [0.3, 0.4) is 0 Å². The fraction of sp³-hybridized carbons (Fsp3) is 0.524. The lowest BCUT2D eigenvalue weighted by Crippen LogP contribution is -2.45. The molecule has 5 nitrogen and oxygen atoms in total. The van der Waals surface area contributed by atoms with Crippen molar-refractivity contribution >= 4 is 22.8 Å². The van der Waals surface area contributed by atoms with E-state index in [0.717, 1.165) is 11.4 Å². The predicted molar refractivity (Wildman–Crippen MR) is 106 cm³/mol. The third-order valence-corrected chi connectivity index (χ3v) is 6.04. The minimum absolute atomic E-state index is 0.674. The molecule has 0 radical (unpaired) electrons. The van der Waals surface area contributed by atoms with E-state index in [0.29, 0.717) is 12.7 Å². The molecule has 2 fully saturated rings. The molecule has 0 spiro atoms. The first-order valence-corrected chi connectivity index (χ1v) is 10.1. The molecule has 0 saturated heterocycles. The van der Waals surface area contributed by atoms with Crippen LogP contribution < -0.4 is 4.90 Å². The fourth-order valence-corrected chi connectivity index (χ4v) is 4.45. The molecule has 1 aromatic carbocycles. The van der Waals surface area contributed by atoms with Gasteiger partial charge in [-0.05, 0) is 49.8 Å². The highest BCUT2D eigenvalue weighted by molar-refractivity contribution is 5.93. The van der Waals surface area contributed by atoms with Crippen LogP contribution in [0.25, 0.3) is 10.9 Å². The quantitative estimate of drug-likeness (QED) is 0.875. The Labute approximate surface area is 154 Å². The molecule has 0 atom stereocenters. The van der Waals surface area contributed by atoms with Crippen LogP contribution >= 0.6 is 0 Å². The lowest BCUT2D eigenvalue weighted by molar-refractivity contribution is 0.188. The number of allylic oxidation sites excluding steroid dienone is 1. The number of fused-ring (bicyclic) bond motifs is 1. The maximum atomic E-state index is 4.57. The molecule has 0 bridgehead atoms. The highest BCUT2D eigenvalue weighted by Gasteiger charge is 2.33. The average Bonchev–Trinajstić information content (AvgIpc) is 3.40. The third-order valence-electron chi connectivity index (χ3n) is 6.04. The zero-order chi connectivity index (χ0) is 17.3. The lowest BCUT2D eigenvalue weighted by atomic mass is 9.93. The second-order valence-corrected chi connectivity index (χ2v) is 7.92. The summed E-state index contributed by atoms with van der Waals surface area (Å²) in [6, 6.07) is 7.07. The summed E-state index contributed by atoms with van der Waals surface area (Å²) in [5.41, 5.74) is 2.29. The number of benzene rings is 1. The Morgan fingerprint density at radius 3 is 2.85 bits per heavy atom. The van der Waals surface area contributed by atoms with Gasteiger partial charge in [0.05, 0.1) is 17.4 Å². The van der Waals surface area contributed by atoms with Gasteiger partial charge in [-0.25, -0.2) is 0 Å². The van der Waals surface area contributed by atoms with Crippen molar-refractivity contribution in [1.29, 1.82) is 0 Å². The summed E-state index contributed by atoms with van der Waals surface area (Å²) < 4.78 is 0. The van der Waals surface area contributed by atoms with Crippen molar-refractivity contribution in [3.8, 4) is 0 Å². The van der Waals surface area contributed by atoms with E-state index in [1.165, 1.54) is 68.4 Å².